The summed E-state index contributed by atoms with van der Waals surface area (Å²) in [5.74, 6) is -1.42. The fraction of sp³-hybridized carbons (Fsp3) is 0.282. The van der Waals surface area contributed by atoms with Crippen LogP contribution in [0.2, 0.25) is 0 Å². The smallest absolute Gasteiger partial charge is 0.335 e. The minimum atomic E-state index is -1.08. The molecule has 3 amide bonds. The molecule has 0 aliphatic carbocycles. The molecule has 4 rings (SSSR count). The molecule has 0 fully saturated rings. The predicted molar refractivity (Wildman–Crippen MR) is 221 cm³/mol. The molecule has 0 aromatic heterocycles. The average Bonchev–Trinajstić information content (AvgIpc) is 3.11. The average molecular weight is 871 g/mol. The second kappa shape index (κ2) is 21.1. The molecule has 15 nitrogen and oxygen atoms in total. The third-order valence-electron chi connectivity index (χ3n) is 8.09. The molecule has 294 valence electrons. The number of nitrogens with one attached hydrogen (secondary N) is 3. The third-order valence-corrected chi connectivity index (χ3v) is 9.79. The van der Waals surface area contributed by atoms with E-state index in [1.54, 1.807) is 40.1 Å². The van der Waals surface area contributed by atoms with Crippen molar-refractivity contribution >= 4 is 63.3 Å². The third kappa shape index (κ3) is 13.2. The van der Waals surface area contributed by atoms with Gasteiger partial charge in [0.15, 0.2) is 0 Å². The van der Waals surface area contributed by atoms with Gasteiger partial charge in [0.25, 0.3) is 29.1 Å². The number of rotatable bonds is 6. The molecular formula is C39H47IN6O9. The maximum absolute atomic E-state index is 11.3. The molecule has 0 saturated carbocycles. The van der Waals surface area contributed by atoms with Crippen LogP contribution in [0.15, 0.2) is 48.5 Å². The van der Waals surface area contributed by atoms with Crippen LogP contribution >= 0.6 is 22.6 Å². The van der Waals surface area contributed by atoms with Crippen LogP contribution in [-0.2, 0) is 0 Å². The molecule has 0 aliphatic heterocycles. The second-order valence-corrected chi connectivity index (χ2v) is 13.5. The van der Waals surface area contributed by atoms with Gasteiger partial charge in [-0.25, -0.2) is 4.79 Å². The highest BCUT2D eigenvalue weighted by atomic mass is 127. The summed E-state index contributed by atoms with van der Waals surface area (Å²) in [5.41, 5.74) is 14.4. The minimum Gasteiger partial charge on any atom is -0.478 e. The molecule has 6 N–H and O–H groups in total. The topological polar surface area (TPSA) is 237 Å². The van der Waals surface area contributed by atoms with E-state index in [2.05, 4.69) is 38.5 Å². The number of nitrogens with two attached hydrogens (primary N) is 1. The lowest BCUT2D eigenvalue weighted by molar-refractivity contribution is -0.386. The number of carboxylic acids is 1. The van der Waals surface area contributed by atoms with Gasteiger partial charge in [0.1, 0.15) is 0 Å². The Morgan fingerprint density at radius 3 is 1.00 bits per heavy atom. The molecule has 4 aromatic carbocycles. The number of hydrogen-bond acceptors (Lipinski definition) is 9. The summed E-state index contributed by atoms with van der Waals surface area (Å²) in [7, 11) is 4.78. The summed E-state index contributed by atoms with van der Waals surface area (Å²) in [6, 6.07) is 13.0. The first-order chi connectivity index (χ1) is 25.5. The van der Waals surface area contributed by atoms with Gasteiger partial charge >= 0.3 is 5.97 Å². The highest BCUT2D eigenvalue weighted by Crippen LogP contribution is 2.25. The van der Waals surface area contributed by atoms with E-state index in [1.807, 2.05) is 39.8 Å². The molecule has 55 heavy (non-hydrogen) atoms. The Bertz CT molecular complexity index is 1970. The summed E-state index contributed by atoms with van der Waals surface area (Å²) in [6.07, 6.45) is 0. The van der Waals surface area contributed by atoms with Crippen molar-refractivity contribution in [2.75, 3.05) is 26.9 Å². The summed E-state index contributed by atoms with van der Waals surface area (Å²) >= 11 is 2.29. The van der Waals surface area contributed by atoms with E-state index in [-0.39, 0.29) is 34.7 Å². The lowest BCUT2D eigenvalue weighted by Gasteiger charge is -2.07. The van der Waals surface area contributed by atoms with Crippen LogP contribution in [0.3, 0.4) is 0 Å². The second-order valence-electron chi connectivity index (χ2n) is 12.4. The van der Waals surface area contributed by atoms with Crippen LogP contribution in [0.1, 0.15) is 85.9 Å². The van der Waals surface area contributed by atoms with E-state index < -0.39 is 15.8 Å². The van der Waals surface area contributed by atoms with Gasteiger partial charge in [-0.3, -0.25) is 34.6 Å². The fourth-order valence-corrected chi connectivity index (χ4v) is 5.67. The van der Waals surface area contributed by atoms with E-state index in [0.29, 0.717) is 33.4 Å². The Hall–Kier alpha value is -5.91. The van der Waals surface area contributed by atoms with E-state index in [0.717, 1.165) is 33.5 Å². The predicted octanol–water partition coefficient (Wildman–Crippen LogP) is 6.99. The van der Waals surface area contributed by atoms with Crippen LogP contribution < -0.4 is 21.7 Å². The Morgan fingerprint density at radius 2 is 0.764 bits per heavy atom. The van der Waals surface area contributed by atoms with Gasteiger partial charge < -0.3 is 26.8 Å². The normalized spacial score (nSPS) is 9.82. The molecule has 4 aromatic rings. The highest BCUT2D eigenvalue weighted by molar-refractivity contribution is 14.1. The summed E-state index contributed by atoms with van der Waals surface area (Å²) < 4.78 is 1.23. The van der Waals surface area contributed by atoms with Crippen molar-refractivity contribution < 1.29 is 34.1 Å². The van der Waals surface area contributed by atoms with Crippen molar-refractivity contribution in [3.8, 4) is 0 Å². The van der Waals surface area contributed by atoms with Crippen molar-refractivity contribution in [3.05, 3.63) is 139 Å². The molecule has 0 atom stereocenters. The number of aryl methyl sites for hydroxylation is 8. The first-order valence-electron chi connectivity index (χ1n) is 16.6. The first kappa shape index (κ1) is 47.1. The minimum absolute atomic E-state index is 0.0185. The SMILES string of the molecule is CNC(=O)c1cc(C)c(I)c(C)c1.CNC(=O)c1cc(C)c(N)c(C)c1.CNC(=O)c1cc(C)c([N+](=O)[O-])c(C)c1.Cc1cc(C(=O)O)cc(C)c1[N+](=O)[O-]. The molecule has 0 unspecified atom stereocenters. The number of hydrogen-bond donors (Lipinski definition) is 5. The van der Waals surface area contributed by atoms with Crippen LogP contribution in [0.5, 0.6) is 0 Å². The Morgan fingerprint density at radius 1 is 0.527 bits per heavy atom. The van der Waals surface area contributed by atoms with E-state index in [9.17, 15) is 39.4 Å². The van der Waals surface area contributed by atoms with E-state index >= 15 is 0 Å². The van der Waals surface area contributed by atoms with Gasteiger partial charge in [0.05, 0.1) is 15.4 Å². The monoisotopic (exact) mass is 870 g/mol. The van der Waals surface area contributed by atoms with E-state index in [4.69, 9.17) is 10.8 Å². The summed E-state index contributed by atoms with van der Waals surface area (Å²) in [4.78, 5) is 64.9. The van der Waals surface area contributed by atoms with Gasteiger partial charge in [-0.1, -0.05) is 0 Å². The number of carboxylic acid groups (broad SMARTS) is 1. The highest BCUT2D eigenvalue weighted by Gasteiger charge is 2.18. The number of anilines is 1. The molecular weight excluding hydrogens is 823 g/mol. The number of carbonyl (C=O) groups excluding carboxylic acids is 3. The molecule has 0 aliphatic rings. The van der Waals surface area contributed by atoms with Gasteiger partial charge in [0, 0.05) is 69.3 Å². The van der Waals surface area contributed by atoms with Crippen LogP contribution in [-0.4, -0.2) is 59.8 Å². The van der Waals surface area contributed by atoms with Crippen LogP contribution in [0, 0.1) is 79.2 Å². The van der Waals surface area contributed by atoms with Crippen molar-refractivity contribution in [2.45, 2.75) is 55.4 Å². The molecule has 0 bridgehead atoms. The van der Waals surface area contributed by atoms with Crippen molar-refractivity contribution in [3.63, 3.8) is 0 Å². The number of amides is 3. The van der Waals surface area contributed by atoms with Crippen molar-refractivity contribution in [2.24, 2.45) is 0 Å². The lowest BCUT2D eigenvalue weighted by atomic mass is 10.0. The Balaban J connectivity index is 0.000000367. The standard InChI is InChI=1S/C10H12INO.C10H12N2O3.C10H14N2O.C9H9NO4/c1-6-4-8(10(13)12-3)5-7(2)9(6)11;1-6-4-8(10(13)11-3)5-7(2)9(6)12(14)15;1-6-4-8(10(13)12-3)5-7(2)9(6)11;1-5-3-7(9(11)12)4-6(2)8(5)10(13)14/h4-5H,1-3H3,(H,12,13);4-5H,1-3H3,(H,11,13);4-5H,11H2,1-3H3,(H,12,13);3-4H,1-2H3,(H,11,12). The van der Waals surface area contributed by atoms with Gasteiger partial charge in [0.2, 0.25) is 0 Å². The Kier molecular flexibility index (Phi) is 18.1. The maximum Gasteiger partial charge on any atom is 0.335 e. The number of aromatic carboxylic acids is 1. The summed E-state index contributed by atoms with van der Waals surface area (Å²) in [5, 5.41) is 37.6. The number of benzene rings is 4. The lowest BCUT2D eigenvalue weighted by Crippen LogP contribution is -2.18. The van der Waals surface area contributed by atoms with Gasteiger partial charge in [-0.15, -0.1) is 0 Å². The van der Waals surface area contributed by atoms with Crippen LogP contribution in [0.25, 0.3) is 0 Å². The largest absolute Gasteiger partial charge is 0.478 e. The van der Waals surface area contributed by atoms with Gasteiger partial charge in [-0.05, 0) is 149 Å². The van der Waals surface area contributed by atoms with Crippen molar-refractivity contribution in [1.82, 2.24) is 16.0 Å². The first-order valence-corrected chi connectivity index (χ1v) is 17.6. The number of nitro benzene ring substituents is 2. The molecule has 0 saturated heterocycles. The molecule has 0 radical (unpaired) electrons. The number of nitrogens with zero attached hydrogens (tertiary/aromatic N) is 2. The molecule has 16 heteroatoms. The number of nitrogen functional groups attached to an aromatic ring is 1. The molecule has 0 spiro atoms. The number of halogens is 1. The number of nitro groups is 2. The number of carbonyl (C=O) groups is 4. The zero-order valence-electron chi connectivity index (χ0n) is 32.7. The van der Waals surface area contributed by atoms with Crippen molar-refractivity contribution in [1.29, 1.82) is 0 Å². The van der Waals surface area contributed by atoms with Gasteiger partial charge in [-0.2, -0.15) is 0 Å². The molecule has 0 heterocycles. The Labute approximate surface area is 333 Å². The fourth-order valence-electron chi connectivity index (χ4n) is 5.36. The summed E-state index contributed by atoms with van der Waals surface area (Å²) in [6.45, 7) is 14.1. The quantitative estimate of drug-likeness (QED) is 0.0576. The zero-order chi connectivity index (χ0) is 42.5. The maximum atomic E-state index is 11.3. The zero-order valence-corrected chi connectivity index (χ0v) is 34.8. The van der Waals surface area contributed by atoms with Crippen LogP contribution in [0.4, 0.5) is 17.1 Å². The van der Waals surface area contributed by atoms with E-state index in [1.165, 1.54) is 48.7 Å².